The van der Waals surface area contributed by atoms with Crippen LogP contribution >= 0.6 is 0 Å². The Bertz CT molecular complexity index is 537. The van der Waals surface area contributed by atoms with E-state index in [4.69, 9.17) is 0 Å². The van der Waals surface area contributed by atoms with Crippen LogP contribution in [0.3, 0.4) is 0 Å². The number of carbonyl (C=O) groups excluding carboxylic acids is 1. The third-order valence-corrected chi connectivity index (χ3v) is 2.04. The van der Waals surface area contributed by atoms with E-state index in [1.165, 1.54) is 18.5 Å². The van der Waals surface area contributed by atoms with Crippen molar-refractivity contribution in [3.8, 4) is 5.75 Å². The molecule has 1 amide bonds. The van der Waals surface area contributed by atoms with E-state index in [2.05, 4.69) is 20.4 Å². The highest BCUT2D eigenvalue weighted by atomic mass is 16.3. The molecule has 0 aromatic carbocycles. The Morgan fingerprint density at radius 3 is 3.00 bits per heavy atom. The number of aromatic hydroxyl groups is 1. The highest BCUT2D eigenvalue weighted by Crippen LogP contribution is 2.08. The van der Waals surface area contributed by atoms with Crippen LogP contribution in [0, 0.1) is 0 Å². The normalized spacial score (nSPS) is 10.2. The van der Waals surface area contributed by atoms with Gasteiger partial charge in [0.2, 0.25) is 0 Å². The molecule has 7 heteroatoms. The van der Waals surface area contributed by atoms with E-state index >= 15 is 0 Å². The van der Waals surface area contributed by atoms with Gasteiger partial charge >= 0.3 is 0 Å². The molecule has 0 unspecified atom stereocenters. The maximum atomic E-state index is 11.7. The van der Waals surface area contributed by atoms with Crippen LogP contribution < -0.4 is 5.32 Å². The molecule has 0 aliphatic rings. The van der Waals surface area contributed by atoms with Crippen molar-refractivity contribution in [2.75, 3.05) is 0 Å². The minimum absolute atomic E-state index is 0.0476. The summed E-state index contributed by atoms with van der Waals surface area (Å²) in [7, 11) is 1.75. The number of aryl methyl sites for hydroxylation is 1. The Morgan fingerprint density at radius 1 is 1.53 bits per heavy atom. The van der Waals surface area contributed by atoms with E-state index in [0.717, 1.165) is 0 Å². The van der Waals surface area contributed by atoms with Gasteiger partial charge in [-0.1, -0.05) is 0 Å². The Labute approximate surface area is 97.1 Å². The number of hydrogen-bond acceptors (Lipinski definition) is 5. The molecule has 0 atom stereocenters. The highest BCUT2D eigenvalue weighted by Gasteiger charge is 2.07. The summed E-state index contributed by atoms with van der Waals surface area (Å²) in [5, 5.41) is 15.8. The summed E-state index contributed by atoms with van der Waals surface area (Å²) in [6.45, 7) is 0.231. The standard InChI is InChI=1S/C10H11N5O2/c1-15-6-13-9(14-15)5-12-10(17)7-2-8(16)4-11-3-7/h2-4,6,16H,5H2,1H3,(H,12,17). The fourth-order valence-electron chi connectivity index (χ4n) is 1.28. The van der Waals surface area contributed by atoms with E-state index in [0.29, 0.717) is 11.4 Å². The zero-order valence-electron chi connectivity index (χ0n) is 9.16. The fourth-order valence-corrected chi connectivity index (χ4v) is 1.28. The van der Waals surface area contributed by atoms with Gasteiger partial charge in [-0.2, -0.15) is 5.10 Å². The average Bonchev–Trinajstić information content (AvgIpc) is 2.72. The van der Waals surface area contributed by atoms with Gasteiger partial charge in [-0.05, 0) is 6.07 Å². The van der Waals surface area contributed by atoms with Gasteiger partial charge in [0.1, 0.15) is 12.1 Å². The summed E-state index contributed by atoms with van der Waals surface area (Å²) in [5.41, 5.74) is 0.293. The summed E-state index contributed by atoms with van der Waals surface area (Å²) in [6.07, 6.45) is 4.19. The van der Waals surface area contributed by atoms with Gasteiger partial charge in [-0.15, -0.1) is 0 Å². The van der Waals surface area contributed by atoms with E-state index < -0.39 is 0 Å². The lowest BCUT2D eigenvalue weighted by Crippen LogP contribution is -2.23. The molecule has 2 aromatic heterocycles. The summed E-state index contributed by atoms with van der Waals surface area (Å²) in [5.74, 6) is 0.142. The van der Waals surface area contributed by atoms with Gasteiger partial charge in [0.25, 0.3) is 5.91 Å². The first-order valence-corrected chi connectivity index (χ1v) is 4.92. The second-order valence-corrected chi connectivity index (χ2v) is 3.45. The molecule has 2 aromatic rings. The molecule has 0 aliphatic heterocycles. The van der Waals surface area contributed by atoms with Crippen molar-refractivity contribution in [3.63, 3.8) is 0 Å². The van der Waals surface area contributed by atoms with Crippen LogP contribution in [0.1, 0.15) is 16.2 Å². The van der Waals surface area contributed by atoms with Crippen molar-refractivity contribution in [2.45, 2.75) is 6.54 Å². The second kappa shape index (κ2) is 4.60. The van der Waals surface area contributed by atoms with Crippen molar-refractivity contribution >= 4 is 5.91 Å². The fraction of sp³-hybridized carbons (Fsp3) is 0.200. The predicted molar refractivity (Wildman–Crippen MR) is 58.1 cm³/mol. The first-order valence-electron chi connectivity index (χ1n) is 4.92. The Morgan fingerprint density at radius 2 is 2.35 bits per heavy atom. The van der Waals surface area contributed by atoms with Crippen LogP contribution in [0.4, 0.5) is 0 Å². The molecule has 2 rings (SSSR count). The zero-order chi connectivity index (χ0) is 12.3. The summed E-state index contributed by atoms with van der Waals surface area (Å²) >= 11 is 0. The first kappa shape index (κ1) is 11.1. The summed E-state index contributed by atoms with van der Waals surface area (Å²) < 4.78 is 1.55. The monoisotopic (exact) mass is 233 g/mol. The van der Waals surface area contributed by atoms with Crippen molar-refractivity contribution in [3.05, 3.63) is 36.2 Å². The molecule has 0 saturated heterocycles. The van der Waals surface area contributed by atoms with Gasteiger partial charge in [0.05, 0.1) is 18.3 Å². The molecular weight excluding hydrogens is 222 g/mol. The Kier molecular flexibility index (Phi) is 2.99. The van der Waals surface area contributed by atoms with Crippen molar-refractivity contribution in [1.82, 2.24) is 25.1 Å². The second-order valence-electron chi connectivity index (χ2n) is 3.45. The minimum Gasteiger partial charge on any atom is -0.506 e. The van der Waals surface area contributed by atoms with Gasteiger partial charge in [-0.3, -0.25) is 14.5 Å². The molecule has 0 bridgehead atoms. The minimum atomic E-state index is -0.333. The molecule has 7 nitrogen and oxygen atoms in total. The first-order chi connectivity index (χ1) is 8.15. The van der Waals surface area contributed by atoms with E-state index in [-0.39, 0.29) is 18.2 Å². The molecule has 0 aliphatic carbocycles. The number of carbonyl (C=O) groups is 1. The Hall–Kier alpha value is -2.44. The third kappa shape index (κ3) is 2.77. The quantitative estimate of drug-likeness (QED) is 0.768. The number of hydrogen-bond donors (Lipinski definition) is 2. The van der Waals surface area contributed by atoms with Crippen molar-refractivity contribution < 1.29 is 9.90 Å². The molecule has 0 fully saturated rings. The Balaban J connectivity index is 1.98. The smallest absolute Gasteiger partial charge is 0.253 e. The third-order valence-electron chi connectivity index (χ3n) is 2.04. The van der Waals surface area contributed by atoms with Crippen LogP contribution in [0.15, 0.2) is 24.8 Å². The summed E-state index contributed by atoms with van der Waals surface area (Å²) in [4.78, 5) is 19.3. The van der Waals surface area contributed by atoms with Crippen molar-refractivity contribution in [2.24, 2.45) is 7.05 Å². The van der Waals surface area contributed by atoms with Crippen LogP contribution in [0.2, 0.25) is 0 Å². The van der Waals surface area contributed by atoms with Crippen LogP contribution in [0.5, 0.6) is 5.75 Å². The molecule has 17 heavy (non-hydrogen) atoms. The van der Waals surface area contributed by atoms with E-state index in [9.17, 15) is 9.90 Å². The number of nitrogens with zero attached hydrogens (tertiary/aromatic N) is 4. The maximum Gasteiger partial charge on any atom is 0.253 e. The molecular formula is C10H11N5O2. The largest absolute Gasteiger partial charge is 0.506 e. The lowest BCUT2D eigenvalue weighted by molar-refractivity contribution is 0.0949. The molecule has 2 N–H and O–H groups in total. The lowest BCUT2D eigenvalue weighted by atomic mass is 10.2. The van der Waals surface area contributed by atoms with Crippen LogP contribution in [0.25, 0.3) is 0 Å². The SMILES string of the molecule is Cn1cnc(CNC(=O)c2cncc(O)c2)n1. The molecule has 88 valence electrons. The number of aromatic nitrogens is 4. The molecule has 0 radical (unpaired) electrons. The van der Waals surface area contributed by atoms with Crippen LogP contribution in [-0.4, -0.2) is 30.8 Å². The van der Waals surface area contributed by atoms with Crippen LogP contribution in [-0.2, 0) is 13.6 Å². The molecule has 0 saturated carbocycles. The number of nitrogens with one attached hydrogen (secondary N) is 1. The lowest BCUT2D eigenvalue weighted by Gasteiger charge is -2.02. The van der Waals surface area contributed by atoms with Gasteiger partial charge in [0, 0.05) is 13.2 Å². The van der Waals surface area contributed by atoms with Gasteiger partial charge in [0.15, 0.2) is 5.82 Å². The van der Waals surface area contributed by atoms with Crippen molar-refractivity contribution in [1.29, 1.82) is 0 Å². The van der Waals surface area contributed by atoms with Gasteiger partial charge in [-0.25, -0.2) is 4.98 Å². The number of amides is 1. The predicted octanol–water partition coefficient (Wildman–Crippen LogP) is -0.154. The summed E-state index contributed by atoms with van der Waals surface area (Å²) in [6, 6.07) is 1.34. The molecule has 2 heterocycles. The average molecular weight is 233 g/mol. The van der Waals surface area contributed by atoms with E-state index in [1.807, 2.05) is 0 Å². The number of rotatable bonds is 3. The van der Waals surface area contributed by atoms with E-state index in [1.54, 1.807) is 18.1 Å². The highest BCUT2D eigenvalue weighted by molar-refractivity contribution is 5.94. The zero-order valence-corrected chi connectivity index (χ0v) is 9.16. The number of pyridine rings is 1. The topological polar surface area (TPSA) is 92.9 Å². The maximum absolute atomic E-state index is 11.7. The molecule has 0 spiro atoms. The van der Waals surface area contributed by atoms with Gasteiger partial charge < -0.3 is 10.4 Å².